The predicted molar refractivity (Wildman–Crippen MR) is 96.4 cm³/mol. The van der Waals surface area contributed by atoms with Crippen LogP contribution >= 0.6 is 0 Å². The lowest BCUT2D eigenvalue weighted by molar-refractivity contribution is 0.140. The van der Waals surface area contributed by atoms with Crippen molar-refractivity contribution >= 4 is 0 Å². The second-order valence-corrected chi connectivity index (χ2v) is 8.38. The molecule has 0 saturated heterocycles. The summed E-state index contributed by atoms with van der Waals surface area (Å²) in [5, 5.41) is 0. The first-order chi connectivity index (χ1) is 12.5. The Hall–Kier alpha value is -1.06. The van der Waals surface area contributed by atoms with Gasteiger partial charge >= 0.3 is 0 Å². The maximum absolute atomic E-state index is 13.9. The highest BCUT2D eigenvalue weighted by molar-refractivity contribution is 5.29. The highest BCUT2D eigenvalue weighted by Crippen LogP contribution is 2.45. The van der Waals surface area contributed by atoms with Crippen LogP contribution in [0.5, 0.6) is 0 Å². The van der Waals surface area contributed by atoms with Crippen molar-refractivity contribution in [1.29, 1.82) is 0 Å². The zero-order valence-electron chi connectivity index (χ0n) is 15.6. The van der Waals surface area contributed by atoms with Crippen LogP contribution in [0, 0.1) is 29.4 Å². The zero-order valence-corrected chi connectivity index (χ0v) is 15.6. The van der Waals surface area contributed by atoms with E-state index in [9.17, 15) is 17.6 Å². The summed E-state index contributed by atoms with van der Waals surface area (Å²) in [6, 6.07) is 2.26. The van der Waals surface area contributed by atoms with Crippen LogP contribution in [-0.4, -0.2) is 0 Å². The van der Waals surface area contributed by atoms with Gasteiger partial charge in [-0.15, -0.1) is 0 Å². The fourth-order valence-corrected chi connectivity index (χ4v) is 5.33. The molecule has 26 heavy (non-hydrogen) atoms. The van der Waals surface area contributed by atoms with E-state index < -0.39 is 23.6 Å². The lowest BCUT2D eigenvalue weighted by Crippen LogP contribution is -2.25. The SMILES string of the molecule is CCC[C@H]1CC[C@H](C2CCC(c3cc(F)c(C(F)F)c(F)c3)CC2)CC1. The molecule has 0 spiro atoms. The number of alkyl halides is 2. The van der Waals surface area contributed by atoms with Crippen LogP contribution < -0.4 is 0 Å². The molecule has 146 valence electrons. The van der Waals surface area contributed by atoms with Crippen LogP contribution in [-0.2, 0) is 0 Å². The Morgan fingerprint density at radius 3 is 1.81 bits per heavy atom. The van der Waals surface area contributed by atoms with Crippen LogP contribution in [0.4, 0.5) is 17.6 Å². The van der Waals surface area contributed by atoms with Gasteiger partial charge in [-0.3, -0.25) is 0 Å². The molecule has 0 atom stereocenters. The molecule has 0 nitrogen and oxygen atoms in total. The summed E-state index contributed by atoms with van der Waals surface area (Å²) in [5.74, 6) is 0.325. The van der Waals surface area contributed by atoms with Crippen LogP contribution in [0.25, 0.3) is 0 Å². The molecule has 0 radical (unpaired) electrons. The number of hydrogen-bond acceptors (Lipinski definition) is 0. The molecule has 0 amide bonds. The molecule has 2 saturated carbocycles. The standard InChI is InChI=1S/C22H30F4/c1-2-3-14-4-6-15(7-5-14)16-8-10-17(11-9-16)18-12-19(23)21(22(25)26)20(24)13-18/h12-17,22H,2-11H2,1H3/t14-,15-,16?,17?. The molecule has 2 aliphatic rings. The fourth-order valence-electron chi connectivity index (χ4n) is 5.33. The van der Waals surface area contributed by atoms with Crippen molar-refractivity contribution in [3.8, 4) is 0 Å². The third-order valence-corrected chi connectivity index (χ3v) is 6.82. The van der Waals surface area contributed by atoms with Gasteiger partial charge in [-0.1, -0.05) is 32.6 Å². The van der Waals surface area contributed by atoms with E-state index in [4.69, 9.17) is 0 Å². The van der Waals surface area contributed by atoms with Gasteiger partial charge in [-0.2, -0.15) is 0 Å². The van der Waals surface area contributed by atoms with E-state index in [0.717, 1.165) is 55.6 Å². The van der Waals surface area contributed by atoms with Crippen molar-refractivity contribution in [1.82, 2.24) is 0 Å². The molecule has 0 aliphatic heterocycles. The Morgan fingerprint density at radius 2 is 1.35 bits per heavy atom. The van der Waals surface area contributed by atoms with E-state index in [1.807, 2.05) is 0 Å². The lowest BCUT2D eigenvalue weighted by Gasteiger charge is -2.38. The first-order valence-corrected chi connectivity index (χ1v) is 10.3. The van der Waals surface area contributed by atoms with Gasteiger partial charge in [0.1, 0.15) is 11.6 Å². The molecular weight excluding hydrogens is 340 g/mol. The number of benzene rings is 1. The van der Waals surface area contributed by atoms with E-state index in [2.05, 4.69) is 6.92 Å². The molecular formula is C22H30F4. The quantitative estimate of drug-likeness (QED) is 0.464. The van der Waals surface area contributed by atoms with Crippen molar-refractivity contribution in [2.24, 2.45) is 17.8 Å². The molecule has 3 rings (SSSR count). The van der Waals surface area contributed by atoms with Gasteiger partial charge < -0.3 is 0 Å². The zero-order chi connectivity index (χ0) is 18.7. The van der Waals surface area contributed by atoms with Gasteiger partial charge in [0.25, 0.3) is 6.43 Å². The summed E-state index contributed by atoms with van der Waals surface area (Å²) in [6.45, 7) is 2.26. The summed E-state index contributed by atoms with van der Waals surface area (Å²) in [5.41, 5.74) is -0.541. The van der Waals surface area contributed by atoms with Crippen molar-refractivity contribution in [3.05, 3.63) is 34.9 Å². The number of halogens is 4. The first-order valence-electron chi connectivity index (χ1n) is 10.3. The largest absolute Gasteiger partial charge is 0.269 e. The summed E-state index contributed by atoms with van der Waals surface area (Å²) in [4.78, 5) is 0. The summed E-state index contributed by atoms with van der Waals surface area (Å²) in [6.07, 6.45) is 8.87. The van der Waals surface area contributed by atoms with Crippen molar-refractivity contribution in [2.45, 2.75) is 83.5 Å². The third-order valence-electron chi connectivity index (χ3n) is 6.82. The van der Waals surface area contributed by atoms with E-state index >= 15 is 0 Å². The Kier molecular flexibility index (Phi) is 6.63. The maximum Gasteiger partial charge on any atom is 0.269 e. The molecule has 0 N–H and O–H groups in total. The normalized spacial score (nSPS) is 29.9. The van der Waals surface area contributed by atoms with Crippen molar-refractivity contribution < 1.29 is 17.6 Å². The molecule has 0 heterocycles. The molecule has 1 aromatic carbocycles. The minimum atomic E-state index is -3.11. The summed E-state index contributed by atoms with van der Waals surface area (Å²) >= 11 is 0. The van der Waals surface area contributed by atoms with Gasteiger partial charge in [0.15, 0.2) is 0 Å². The lowest BCUT2D eigenvalue weighted by atomic mass is 9.68. The molecule has 2 fully saturated rings. The first kappa shape index (κ1) is 19.7. The highest BCUT2D eigenvalue weighted by atomic mass is 19.3. The van der Waals surface area contributed by atoms with Crippen molar-refractivity contribution in [2.75, 3.05) is 0 Å². The van der Waals surface area contributed by atoms with E-state index in [1.165, 1.54) is 38.5 Å². The van der Waals surface area contributed by atoms with Crippen LogP contribution in [0.1, 0.15) is 94.6 Å². The molecule has 0 aromatic heterocycles. The van der Waals surface area contributed by atoms with Gasteiger partial charge in [0.05, 0.1) is 5.56 Å². The minimum Gasteiger partial charge on any atom is -0.206 e. The Balaban J connectivity index is 1.56. The molecule has 0 bridgehead atoms. The minimum absolute atomic E-state index is 0.0957. The van der Waals surface area contributed by atoms with Gasteiger partial charge in [-0.25, -0.2) is 17.6 Å². The average molecular weight is 370 g/mol. The average Bonchev–Trinajstić information content (AvgIpc) is 2.62. The second kappa shape index (κ2) is 8.75. The third kappa shape index (κ3) is 4.43. The summed E-state index contributed by atoms with van der Waals surface area (Å²) in [7, 11) is 0. The molecule has 4 heteroatoms. The van der Waals surface area contributed by atoms with Crippen LogP contribution in [0.15, 0.2) is 12.1 Å². The predicted octanol–water partition coefficient (Wildman–Crippen LogP) is 7.78. The maximum atomic E-state index is 13.9. The summed E-state index contributed by atoms with van der Waals surface area (Å²) < 4.78 is 53.2. The van der Waals surface area contributed by atoms with E-state index in [0.29, 0.717) is 5.56 Å². The van der Waals surface area contributed by atoms with Gasteiger partial charge in [0.2, 0.25) is 0 Å². The van der Waals surface area contributed by atoms with Gasteiger partial charge in [0, 0.05) is 0 Å². The molecule has 2 aliphatic carbocycles. The number of rotatable bonds is 5. The Morgan fingerprint density at radius 1 is 0.846 bits per heavy atom. The number of hydrogen-bond donors (Lipinski definition) is 0. The monoisotopic (exact) mass is 370 g/mol. The van der Waals surface area contributed by atoms with Crippen LogP contribution in [0.3, 0.4) is 0 Å². The molecule has 1 aromatic rings. The molecule has 0 unspecified atom stereocenters. The van der Waals surface area contributed by atoms with Gasteiger partial charge in [-0.05, 0) is 79.9 Å². The smallest absolute Gasteiger partial charge is 0.206 e. The topological polar surface area (TPSA) is 0 Å². The second-order valence-electron chi connectivity index (χ2n) is 8.38. The highest BCUT2D eigenvalue weighted by Gasteiger charge is 2.32. The fraction of sp³-hybridized carbons (Fsp3) is 0.727. The Bertz CT molecular complexity index is 559. The van der Waals surface area contributed by atoms with Crippen LogP contribution in [0.2, 0.25) is 0 Å². The van der Waals surface area contributed by atoms with E-state index in [1.54, 1.807) is 0 Å². The van der Waals surface area contributed by atoms with Crippen molar-refractivity contribution in [3.63, 3.8) is 0 Å². The van der Waals surface area contributed by atoms with E-state index in [-0.39, 0.29) is 5.92 Å². The Labute approximate surface area is 154 Å².